The molecular formula is C19H31B2NO4. The standard InChI is InChI=1S/C19H31B2NO4/c1-14-10-12-15(13-11-14)22(20-23-16(2,3)17(4,5)24-20)21-25-18(6,7)19(8,9)26-21/h10-13H,1-9H3. The van der Waals surface area contributed by atoms with Crippen molar-refractivity contribution in [3.63, 3.8) is 0 Å². The van der Waals surface area contributed by atoms with Crippen LogP contribution in [0.1, 0.15) is 61.0 Å². The average Bonchev–Trinajstić information content (AvgIpc) is 2.80. The summed E-state index contributed by atoms with van der Waals surface area (Å²) >= 11 is 0. The van der Waals surface area contributed by atoms with Gasteiger partial charge in [-0.2, -0.15) is 0 Å². The van der Waals surface area contributed by atoms with Crippen molar-refractivity contribution >= 4 is 20.2 Å². The van der Waals surface area contributed by atoms with Gasteiger partial charge in [-0.05, 0) is 74.4 Å². The smallest absolute Gasteiger partial charge is 0.385 e. The zero-order chi connectivity index (χ0) is 19.5. The van der Waals surface area contributed by atoms with Crippen LogP contribution in [0.3, 0.4) is 0 Å². The summed E-state index contributed by atoms with van der Waals surface area (Å²) in [6.07, 6.45) is 0. The molecule has 0 N–H and O–H groups in total. The Morgan fingerprint density at radius 3 is 1.23 bits per heavy atom. The van der Waals surface area contributed by atoms with Crippen molar-refractivity contribution in [3.05, 3.63) is 29.8 Å². The summed E-state index contributed by atoms with van der Waals surface area (Å²) in [6, 6.07) is 8.23. The number of nitrogens with zero attached hydrogens (tertiary/aromatic N) is 1. The Morgan fingerprint density at radius 2 is 0.923 bits per heavy atom. The third kappa shape index (κ3) is 3.19. The van der Waals surface area contributed by atoms with Gasteiger partial charge in [0.05, 0.1) is 22.4 Å². The Hall–Kier alpha value is -1.01. The van der Waals surface area contributed by atoms with Crippen LogP contribution < -0.4 is 4.72 Å². The topological polar surface area (TPSA) is 40.2 Å². The van der Waals surface area contributed by atoms with Gasteiger partial charge in [-0.15, -0.1) is 0 Å². The molecule has 0 aromatic heterocycles. The minimum Gasteiger partial charge on any atom is -0.385 e. The molecule has 5 nitrogen and oxygen atoms in total. The molecule has 142 valence electrons. The molecule has 3 rings (SSSR count). The first kappa shape index (κ1) is 19.7. The van der Waals surface area contributed by atoms with Gasteiger partial charge in [0.1, 0.15) is 0 Å². The Labute approximate surface area is 158 Å². The summed E-state index contributed by atoms with van der Waals surface area (Å²) in [5.74, 6) is 0. The SMILES string of the molecule is Cc1ccc(N(B2OC(C)(C)C(C)(C)O2)B2OC(C)(C)C(C)(C)O2)cc1. The molecule has 2 aliphatic rings. The van der Waals surface area contributed by atoms with Gasteiger partial charge >= 0.3 is 14.5 Å². The van der Waals surface area contributed by atoms with E-state index in [1.807, 2.05) is 72.2 Å². The quantitative estimate of drug-likeness (QED) is 0.764. The third-order valence-corrected chi connectivity index (χ3v) is 6.27. The van der Waals surface area contributed by atoms with E-state index < -0.39 is 36.9 Å². The van der Waals surface area contributed by atoms with Crippen molar-refractivity contribution in [2.45, 2.75) is 84.7 Å². The molecule has 2 aliphatic heterocycles. The number of anilines is 1. The minimum absolute atomic E-state index is 0.440. The van der Waals surface area contributed by atoms with Crippen molar-refractivity contribution in [1.29, 1.82) is 0 Å². The average molecular weight is 359 g/mol. The third-order valence-electron chi connectivity index (χ3n) is 6.27. The monoisotopic (exact) mass is 359 g/mol. The van der Waals surface area contributed by atoms with E-state index in [1.54, 1.807) is 0 Å². The van der Waals surface area contributed by atoms with Crippen LogP contribution in [0, 0.1) is 6.92 Å². The van der Waals surface area contributed by atoms with Gasteiger partial charge in [0.15, 0.2) is 0 Å². The maximum absolute atomic E-state index is 6.30. The van der Waals surface area contributed by atoms with E-state index in [0.29, 0.717) is 0 Å². The second-order valence-electron chi connectivity index (χ2n) is 9.37. The zero-order valence-electron chi connectivity index (χ0n) is 17.5. The van der Waals surface area contributed by atoms with Crippen molar-refractivity contribution in [3.8, 4) is 0 Å². The summed E-state index contributed by atoms with van der Waals surface area (Å²) in [5, 5.41) is 0. The number of hydrogen-bond acceptors (Lipinski definition) is 5. The van der Waals surface area contributed by atoms with Crippen LogP contribution in [0.15, 0.2) is 24.3 Å². The van der Waals surface area contributed by atoms with Crippen LogP contribution >= 0.6 is 0 Å². The van der Waals surface area contributed by atoms with E-state index in [-0.39, 0.29) is 0 Å². The predicted molar refractivity (Wildman–Crippen MR) is 106 cm³/mol. The summed E-state index contributed by atoms with van der Waals surface area (Å²) in [5.41, 5.74) is 0.368. The lowest BCUT2D eigenvalue weighted by atomic mass is 9.87. The van der Waals surface area contributed by atoms with Crippen molar-refractivity contribution in [2.24, 2.45) is 0 Å². The van der Waals surface area contributed by atoms with E-state index in [9.17, 15) is 0 Å². The molecule has 0 saturated carbocycles. The van der Waals surface area contributed by atoms with Crippen molar-refractivity contribution in [2.75, 3.05) is 4.72 Å². The fourth-order valence-corrected chi connectivity index (χ4v) is 2.91. The van der Waals surface area contributed by atoms with E-state index >= 15 is 0 Å². The van der Waals surface area contributed by atoms with Crippen LogP contribution in [0.25, 0.3) is 0 Å². The summed E-state index contributed by atoms with van der Waals surface area (Å²) < 4.78 is 27.2. The molecule has 2 saturated heterocycles. The van der Waals surface area contributed by atoms with Gasteiger partial charge in [-0.1, -0.05) is 17.7 Å². The highest BCUT2D eigenvalue weighted by atomic mass is 16.7. The van der Waals surface area contributed by atoms with Crippen molar-refractivity contribution in [1.82, 2.24) is 0 Å². The number of aryl methyl sites for hydroxylation is 1. The van der Waals surface area contributed by atoms with Gasteiger partial charge in [0.25, 0.3) is 0 Å². The lowest BCUT2D eigenvalue weighted by molar-refractivity contribution is 0.00578. The molecule has 2 heterocycles. The molecule has 0 atom stereocenters. The number of rotatable bonds is 3. The van der Waals surface area contributed by atoms with E-state index in [4.69, 9.17) is 18.6 Å². The second kappa shape index (κ2) is 5.99. The van der Waals surface area contributed by atoms with Crippen LogP contribution in [-0.4, -0.2) is 36.9 Å². The van der Waals surface area contributed by atoms with E-state index in [1.165, 1.54) is 5.56 Å². The fraction of sp³-hybridized carbons (Fsp3) is 0.684. The first-order valence-corrected chi connectivity index (χ1v) is 9.32. The molecular weight excluding hydrogens is 328 g/mol. The summed E-state index contributed by atoms with van der Waals surface area (Å²) in [4.78, 5) is 0. The highest BCUT2D eigenvalue weighted by molar-refractivity contribution is 6.72. The second-order valence-corrected chi connectivity index (χ2v) is 9.37. The van der Waals surface area contributed by atoms with Crippen LogP contribution in [0.4, 0.5) is 5.69 Å². The number of hydrogen-bond donors (Lipinski definition) is 0. The number of benzene rings is 1. The van der Waals surface area contributed by atoms with Gasteiger partial charge in [0, 0.05) is 5.69 Å². The molecule has 0 bridgehead atoms. The molecule has 7 heteroatoms. The zero-order valence-corrected chi connectivity index (χ0v) is 17.5. The van der Waals surface area contributed by atoms with Crippen molar-refractivity contribution < 1.29 is 18.6 Å². The van der Waals surface area contributed by atoms with Gasteiger partial charge in [0.2, 0.25) is 0 Å². The molecule has 0 spiro atoms. The maximum atomic E-state index is 6.30. The molecule has 2 fully saturated rings. The highest BCUT2D eigenvalue weighted by Crippen LogP contribution is 2.43. The highest BCUT2D eigenvalue weighted by Gasteiger charge is 2.61. The summed E-state index contributed by atoms with van der Waals surface area (Å²) in [7, 11) is -1.20. The van der Waals surface area contributed by atoms with Crippen LogP contribution in [0.5, 0.6) is 0 Å². The molecule has 1 aromatic rings. The Balaban J connectivity index is 1.98. The normalized spacial score (nSPS) is 25.6. The first-order valence-electron chi connectivity index (χ1n) is 9.32. The Morgan fingerprint density at radius 1 is 0.615 bits per heavy atom. The largest absolute Gasteiger partial charge is 0.585 e. The molecule has 26 heavy (non-hydrogen) atoms. The Kier molecular flexibility index (Phi) is 4.55. The maximum Gasteiger partial charge on any atom is 0.585 e. The van der Waals surface area contributed by atoms with Gasteiger partial charge < -0.3 is 23.3 Å². The summed E-state index contributed by atoms with van der Waals surface area (Å²) in [6.45, 7) is 18.4. The molecule has 0 aliphatic carbocycles. The van der Waals surface area contributed by atoms with Crippen LogP contribution in [0.2, 0.25) is 0 Å². The lowest BCUT2D eigenvalue weighted by Crippen LogP contribution is -2.53. The molecule has 0 amide bonds. The van der Waals surface area contributed by atoms with Crippen LogP contribution in [-0.2, 0) is 18.6 Å². The van der Waals surface area contributed by atoms with E-state index in [0.717, 1.165) is 5.69 Å². The van der Waals surface area contributed by atoms with Gasteiger partial charge in [-0.3, -0.25) is 0 Å². The molecule has 0 radical (unpaired) electrons. The predicted octanol–water partition coefficient (Wildman–Crippen LogP) is 3.98. The Bertz CT molecular complexity index is 605. The van der Waals surface area contributed by atoms with Gasteiger partial charge in [-0.25, -0.2) is 0 Å². The fourth-order valence-electron chi connectivity index (χ4n) is 2.91. The van der Waals surface area contributed by atoms with E-state index in [2.05, 4.69) is 19.1 Å². The first-order chi connectivity index (χ1) is 11.8. The lowest BCUT2D eigenvalue weighted by Gasteiger charge is -2.32. The molecule has 0 unspecified atom stereocenters. The molecule has 1 aromatic carbocycles. The minimum atomic E-state index is -0.600.